The molecule has 1 saturated heterocycles. The summed E-state index contributed by atoms with van der Waals surface area (Å²) < 4.78 is 25.3. The Balaban J connectivity index is 1.62. The highest BCUT2D eigenvalue weighted by atomic mass is 32.2. The lowest BCUT2D eigenvalue weighted by molar-refractivity contribution is 0.0237. The number of hydrogen-bond acceptors (Lipinski definition) is 5. The molecule has 3 rings (SSSR count). The van der Waals surface area contributed by atoms with E-state index in [1.54, 1.807) is 0 Å². The van der Waals surface area contributed by atoms with Crippen LogP contribution < -0.4 is 4.74 Å². The predicted octanol–water partition coefficient (Wildman–Crippen LogP) is 3.70. The molecule has 0 radical (unpaired) electrons. The molecule has 24 heavy (non-hydrogen) atoms. The summed E-state index contributed by atoms with van der Waals surface area (Å²) in [5.41, 5.74) is -0.00570. The van der Waals surface area contributed by atoms with Crippen molar-refractivity contribution in [1.29, 1.82) is 0 Å². The van der Waals surface area contributed by atoms with Crippen LogP contribution in [0, 0.1) is 5.82 Å². The van der Waals surface area contributed by atoms with Crippen LogP contribution in [0.3, 0.4) is 0 Å². The molecule has 1 aliphatic carbocycles. The number of ether oxygens (including phenoxy) is 2. The van der Waals surface area contributed by atoms with E-state index in [0.29, 0.717) is 5.56 Å². The van der Waals surface area contributed by atoms with Gasteiger partial charge in [0.15, 0.2) is 11.6 Å². The van der Waals surface area contributed by atoms with Crippen molar-refractivity contribution in [2.75, 3.05) is 31.3 Å². The van der Waals surface area contributed by atoms with Gasteiger partial charge in [0.2, 0.25) is 0 Å². The maximum atomic E-state index is 14.0. The fourth-order valence-electron chi connectivity index (χ4n) is 3.16. The first-order valence-corrected chi connectivity index (χ1v) is 9.67. The van der Waals surface area contributed by atoms with Crippen molar-refractivity contribution in [3.63, 3.8) is 0 Å². The monoisotopic (exact) mass is 353 g/mol. The van der Waals surface area contributed by atoms with E-state index in [2.05, 4.69) is 4.90 Å². The van der Waals surface area contributed by atoms with Gasteiger partial charge in [-0.25, -0.2) is 9.18 Å². The summed E-state index contributed by atoms with van der Waals surface area (Å²) in [5, 5.41) is 0. The van der Waals surface area contributed by atoms with E-state index >= 15 is 0 Å². The zero-order valence-electron chi connectivity index (χ0n) is 14.1. The van der Waals surface area contributed by atoms with E-state index < -0.39 is 11.8 Å². The molecule has 0 N–H and O–H groups in total. The first kappa shape index (κ1) is 17.5. The zero-order chi connectivity index (χ0) is 17.0. The first-order chi connectivity index (χ1) is 11.6. The highest BCUT2D eigenvalue weighted by Crippen LogP contribution is 2.35. The molecule has 0 bridgehead atoms. The maximum Gasteiger partial charge on any atom is 0.339 e. The normalized spacial score (nSPS) is 20.8. The van der Waals surface area contributed by atoms with Gasteiger partial charge in [0.05, 0.1) is 5.56 Å². The number of benzene rings is 1. The molecule has 2 aliphatic rings. The van der Waals surface area contributed by atoms with Crippen molar-refractivity contribution >= 4 is 17.7 Å². The maximum absolute atomic E-state index is 14.0. The van der Waals surface area contributed by atoms with E-state index in [4.69, 9.17) is 9.47 Å². The van der Waals surface area contributed by atoms with Gasteiger partial charge in [-0.05, 0) is 50.8 Å². The van der Waals surface area contributed by atoms with Crippen LogP contribution in [0.25, 0.3) is 0 Å². The van der Waals surface area contributed by atoms with Gasteiger partial charge in [-0.1, -0.05) is 0 Å². The number of carbonyl (C=O) groups excluding carboxylic acids is 1. The molecule has 1 aliphatic heterocycles. The largest absolute Gasteiger partial charge is 0.484 e. The Morgan fingerprint density at radius 3 is 2.71 bits per heavy atom. The van der Waals surface area contributed by atoms with Crippen molar-refractivity contribution in [2.24, 2.45) is 0 Å². The lowest BCUT2D eigenvalue weighted by Gasteiger charge is -2.26. The Morgan fingerprint density at radius 1 is 1.29 bits per heavy atom. The lowest BCUT2D eigenvalue weighted by atomic mass is 10.1. The smallest absolute Gasteiger partial charge is 0.339 e. The molecule has 0 spiro atoms. The second kappa shape index (κ2) is 7.74. The minimum Gasteiger partial charge on any atom is -0.484 e. The third-order valence-corrected chi connectivity index (χ3v) is 5.61. The predicted molar refractivity (Wildman–Crippen MR) is 93.1 cm³/mol. The molecule has 6 heteroatoms. The summed E-state index contributed by atoms with van der Waals surface area (Å²) in [5.74, 6) is 1.39. The Labute approximate surface area is 146 Å². The summed E-state index contributed by atoms with van der Waals surface area (Å²) in [6.45, 7) is 4.13. The van der Waals surface area contributed by atoms with Crippen molar-refractivity contribution < 1.29 is 18.7 Å². The van der Waals surface area contributed by atoms with Gasteiger partial charge in [0.1, 0.15) is 12.3 Å². The van der Waals surface area contributed by atoms with E-state index in [1.165, 1.54) is 18.2 Å². The Hall–Kier alpha value is -1.27. The van der Waals surface area contributed by atoms with Crippen molar-refractivity contribution in [3.05, 3.63) is 29.6 Å². The summed E-state index contributed by atoms with van der Waals surface area (Å²) in [6.07, 6.45) is 4.00. The van der Waals surface area contributed by atoms with Crippen LogP contribution in [0.1, 0.15) is 43.0 Å². The van der Waals surface area contributed by atoms with Gasteiger partial charge in [-0.3, -0.25) is 4.90 Å². The third-order valence-electron chi connectivity index (χ3n) is 4.67. The zero-order valence-corrected chi connectivity index (χ0v) is 14.9. The number of carbonyl (C=O) groups is 1. The van der Waals surface area contributed by atoms with Crippen molar-refractivity contribution in [2.45, 2.75) is 38.2 Å². The van der Waals surface area contributed by atoms with E-state index in [9.17, 15) is 9.18 Å². The average molecular weight is 353 g/mol. The first-order valence-electron chi connectivity index (χ1n) is 8.52. The fraction of sp³-hybridized carbons (Fsp3) is 0.611. The molecule has 132 valence electrons. The summed E-state index contributed by atoms with van der Waals surface area (Å²) in [7, 11) is 0. The standard InChI is InChI=1S/C18H24FNO3S/c1-18(6-2-3-7-18)23-16-12-14(4-5-15(16)19)17(21)22-13-20-8-10-24-11-9-20/h4-5,12H,2-3,6-11,13H2,1H3. The Bertz CT molecular complexity index is 584. The highest BCUT2D eigenvalue weighted by molar-refractivity contribution is 7.99. The van der Waals surface area contributed by atoms with Crippen LogP contribution >= 0.6 is 11.8 Å². The second-order valence-corrected chi connectivity index (χ2v) is 7.92. The molecule has 1 aromatic carbocycles. The van der Waals surface area contributed by atoms with Crippen LogP contribution in [-0.2, 0) is 4.74 Å². The van der Waals surface area contributed by atoms with Crippen LogP contribution in [0.15, 0.2) is 18.2 Å². The molecular weight excluding hydrogens is 329 g/mol. The molecule has 0 atom stereocenters. The topological polar surface area (TPSA) is 38.8 Å². The molecule has 1 heterocycles. The molecular formula is C18H24FNO3S. The number of esters is 1. The van der Waals surface area contributed by atoms with Gasteiger partial charge in [0.25, 0.3) is 0 Å². The molecule has 1 aromatic rings. The van der Waals surface area contributed by atoms with Crippen LogP contribution in [0.5, 0.6) is 5.75 Å². The minimum absolute atomic E-state index is 0.142. The van der Waals surface area contributed by atoms with Crippen molar-refractivity contribution in [1.82, 2.24) is 4.90 Å². The third kappa shape index (κ3) is 4.42. The second-order valence-electron chi connectivity index (χ2n) is 6.70. The quantitative estimate of drug-likeness (QED) is 0.755. The van der Waals surface area contributed by atoms with Crippen LogP contribution in [-0.4, -0.2) is 47.8 Å². The summed E-state index contributed by atoms with van der Waals surface area (Å²) in [4.78, 5) is 14.3. The molecule has 0 unspecified atom stereocenters. The Kier molecular flexibility index (Phi) is 5.66. The minimum atomic E-state index is -0.437. The van der Waals surface area contributed by atoms with Gasteiger partial charge < -0.3 is 9.47 Å². The van der Waals surface area contributed by atoms with E-state index in [0.717, 1.165) is 50.3 Å². The SMILES string of the molecule is CC1(Oc2cc(C(=O)OCN3CCSCC3)ccc2F)CCCC1. The summed E-state index contributed by atoms with van der Waals surface area (Å²) >= 11 is 1.91. The number of hydrogen-bond donors (Lipinski definition) is 0. The van der Waals surface area contributed by atoms with Gasteiger partial charge in [0, 0.05) is 24.6 Å². The lowest BCUT2D eigenvalue weighted by Crippen LogP contribution is -2.35. The molecule has 2 fully saturated rings. The van der Waals surface area contributed by atoms with E-state index in [1.807, 2.05) is 18.7 Å². The fourth-order valence-corrected chi connectivity index (χ4v) is 4.14. The van der Waals surface area contributed by atoms with Gasteiger partial charge >= 0.3 is 5.97 Å². The van der Waals surface area contributed by atoms with Crippen LogP contribution in [0.4, 0.5) is 4.39 Å². The number of rotatable bonds is 5. The van der Waals surface area contributed by atoms with E-state index in [-0.39, 0.29) is 18.1 Å². The van der Waals surface area contributed by atoms with Crippen LogP contribution in [0.2, 0.25) is 0 Å². The molecule has 0 aromatic heterocycles. The number of nitrogens with zero attached hydrogens (tertiary/aromatic N) is 1. The average Bonchev–Trinajstić information content (AvgIpc) is 3.02. The van der Waals surface area contributed by atoms with Crippen molar-refractivity contribution in [3.8, 4) is 5.75 Å². The number of halogens is 1. The van der Waals surface area contributed by atoms with Gasteiger partial charge in [-0.2, -0.15) is 11.8 Å². The molecule has 0 amide bonds. The number of thioether (sulfide) groups is 1. The van der Waals surface area contributed by atoms with Gasteiger partial charge in [-0.15, -0.1) is 0 Å². The molecule has 1 saturated carbocycles. The Morgan fingerprint density at radius 2 is 2.00 bits per heavy atom. The molecule has 4 nitrogen and oxygen atoms in total. The highest BCUT2D eigenvalue weighted by Gasteiger charge is 2.31. The summed E-state index contributed by atoms with van der Waals surface area (Å²) in [6, 6.07) is 4.20.